The molecule has 4 nitrogen and oxygen atoms in total. The predicted molar refractivity (Wildman–Crippen MR) is 118 cm³/mol. The molecule has 1 amide bonds. The Morgan fingerprint density at radius 2 is 2.00 bits per heavy atom. The number of nitrogens with two attached hydrogens (primary N) is 1. The van der Waals surface area contributed by atoms with Gasteiger partial charge in [-0.05, 0) is 42.7 Å². The molecule has 148 valence electrons. The van der Waals surface area contributed by atoms with E-state index in [1.54, 1.807) is 22.7 Å². The first-order valence-corrected chi connectivity index (χ1v) is 11.7. The number of carbonyl (C=O) groups is 1. The Hall–Kier alpha value is -2.46. The SMILES string of the molecule is N#Cc1c(NC(=O)CC[NH2+][C@@H](c2ccccc2)c2cccs2)sc2c1CCCC2. The Bertz CT molecular complexity index is 1000. The molecule has 0 fully saturated rings. The molecule has 1 aromatic carbocycles. The first kappa shape index (κ1) is 19.8. The van der Waals surface area contributed by atoms with Gasteiger partial charge in [-0.2, -0.15) is 5.26 Å². The van der Waals surface area contributed by atoms with Crippen molar-refractivity contribution >= 4 is 33.6 Å². The minimum absolute atomic E-state index is 0.0191. The quantitative estimate of drug-likeness (QED) is 0.598. The summed E-state index contributed by atoms with van der Waals surface area (Å²) in [5.41, 5.74) is 3.09. The van der Waals surface area contributed by atoms with Gasteiger partial charge in [0.2, 0.25) is 5.91 Å². The highest BCUT2D eigenvalue weighted by atomic mass is 32.1. The van der Waals surface area contributed by atoms with Gasteiger partial charge in [0.15, 0.2) is 0 Å². The van der Waals surface area contributed by atoms with Crippen LogP contribution in [0.25, 0.3) is 0 Å². The van der Waals surface area contributed by atoms with Gasteiger partial charge in [-0.1, -0.05) is 36.4 Å². The number of amides is 1. The van der Waals surface area contributed by atoms with Gasteiger partial charge in [0, 0.05) is 10.4 Å². The summed E-state index contributed by atoms with van der Waals surface area (Å²) in [6, 6.07) is 17.1. The summed E-state index contributed by atoms with van der Waals surface area (Å²) in [4.78, 5) is 15.1. The van der Waals surface area contributed by atoms with Gasteiger partial charge >= 0.3 is 0 Å². The first-order chi connectivity index (χ1) is 14.3. The number of benzene rings is 1. The summed E-state index contributed by atoms with van der Waals surface area (Å²) >= 11 is 3.33. The second-order valence-electron chi connectivity index (χ2n) is 7.25. The highest BCUT2D eigenvalue weighted by Gasteiger charge is 2.22. The highest BCUT2D eigenvalue weighted by Crippen LogP contribution is 2.37. The van der Waals surface area contributed by atoms with E-state index in [0.29, 0.717) is 18.5 Å². The summed E-state index contributed by atoms with van der Waals surface area (Å²) in [6.07, 6.45) is 4.70. The van der Waals surface area contributed by atoms with Crippen LogP contribution in [0, 0.1) is 11.3 Å². The maximum absolute atomic E-state index is 12.6. The number of anilines is 1. The number of fused-ring (bicyclic) bond motifs is 1. The molecule has 0 saturated heterocycles. The van der Waals surface area contributed by atoms with Crippen LogP contribution in [0.2, 0.25) is 0 Å². The Labute approximate surface area is 179 Å². The number of thiophene rings is 2. The van der Waals surface area contributed by atoms with Gasteiger partial charge in [-0.25, -0.2) is 0 Å². The monoisotopic (exact) mass is 422 g/mol. The van der Waals surface area contributed by atoms with E-state index in [2.05, 4.69) is 58.5 Å². The molecule has 2 aromatic heterocycles. The average Bonchev–Trinajstić information content (AvgIpc) is 3.39. The van der Waals surface area contributed by atoms with E-state index in [4.69, 9.17) is 0 Å². The molecular formula is C23H24N3OS2+. The number of quaternary nitrogens is 1. The van der Waals surface area contributed by atoms with Crippen LogP contribution in [0.15, 0.2) is 47.8 Å². The van der Waals surface area contributed by atoms with Crippen molar-refractivity contribution in [1.82, 2.24) is 0 Å². The second kappa shape index (κ2) is 9.36. The molecule has 3 N–H and O–H groups in total. The maximum atomic E-state index is 12.6. The minimum Gasteiger partial charge on any atom is -0.335 e. The summed E-state index contributed by atoms with van der Waals surface area (Å²) in [5, 5.41) is 17.6. The van der Waals surface area contributed by atoms with Crippen molar-refractivity contribution in [3.05, 3.63) is 74.3 Å². The summed E-state index contributed by atoms with van der Waals surface area (Å²) in [5.74, 6) is -0.0191. The van der Waals surface area contributed by atoms with Crippen LogP contribution in [0.5, 0.6) is 0 Å². The molecule has 6 heteroatoms. The topological polar surface area (TPSA) is 69.5 Å². The minimum atomic E-state index is -0.0191. The molecule has 1 atom stereocenters. The van der Waals surface area contributed by atoms with E-state index in [1.165, 1.54) is 21.7 Å². The molecule has 2 heterocycles. The van der Waals surface area contributed by atoms with E-state index in [9.17, 15) is 10.1 Å². The molecule has 4 rings (SSSR count). The van der Waals surface area contributed by atoms with E-state index in [1.807, 2.05) is 6.07 Å². The lowest BCUT2D eigenvalue weighted by Crippen LogP contribution is -2.85. The van der Waals surface area contributed by atoms with E-state index >= 15 is 0 Å². The Balaban J connectivity index is 1.38. The maximum Gasteiger partial charge on any atom is 0.230 e. The smallest absolute Gasteiger partial charge is 0.230 e. The fourth-order valence-electron chi connectivity index (χ4n) is 3.89. The molecule has 0 spiro atoms. The third-order valence-electron chi connectivity index (χ3n) is 5.32. The molecule has 1 aliphatic rings. The molecule has 1 aliphatic carbocycles. The van der Waals surface area contributed by atoms with E-state index in [-0.39, 0.29) is 11.9 Å². The zero-order chi connectivity index (χ0) is 20.1. The van der Waals surface area contributed by atoms with Crippen LogP contribution in [-0.4, -0.2) is 12.5 Å². The Morgan fingerprint density at radius 1 is 1.17 bits per heavy atom. The van der Waals surface area contributed by atoms with Crippen molar-refractivity contribution in [3.63, 3.8) is 0 Å². The molecule has 3 aromatic rings. The fourth-order valence-corrected chi connectivity index (χ4v) is 5.99. The molecular weight excluding hydrogens is 398 g/mol. The van der Waals surface area contributed by atoms with Gasteiger partial charge in [-0.3, -0.25) is 4.79 Å². The number of aryl methyl sites for hydroxylation is 1. The molecule has 0 aliphatic heterocycles. The number of hydrogen-bond donors (Lipinski definition) is 2. The van der Waals surface area contributed by atoms with Crippen molar-refractivity contribution < 1.29 is 10.1 Å². The van der Waals surface area contributed by atoms with Crippen LogP contribution in [-0.2, 0) is 17.6 Å². The zero-order valence-electron chi connectivity index (χ0n) is 16.2. The molecule has 0 unspecified atom stereocenters. The third-order valence-corrected chi connectivity index (χ3v) is 7.48. The fraction of sp³-hybridized carbons (Fsp3) is 0.304. The van der Waals surface area contributed by atoms with Crippen molar-refractivity contribution in [1.29, 1.82) is 5.26 Å². The highest BCUT2D eigenvalue weighted by molar-refractivity contribution is 7.16. The second-order valence-corrected chi connectivity index (χ2v) is 9.34. The molecule has 29 heavy (non-hydrogen) atoms. The normalized spacial score (nSPS) is 14.0. The van der Waals surface area contributed by atoms with Crippen molar-refractivity contribution in [2.45, 2.75) is 38.1 Å². The van der Waals surface area contributed by atoms with E-state index in [0.717, 1.165) is 29.8 Å². The summed E-state index contributed by atoms with van der Waals surface area (Å²) in [7, 11) is 0. The molecule has 0 bridgehead atoms. The number of carbonyl (C=O) groups excluding carboxylic acids is 1. The zero-order valence-corrected chi connectivity index (χ0v) is 17.8. The van der Waals surface area contributed by atoms with Gasteiger partial charge in [0.1, 0.15) is 17.1 Å². The van der Waals surface area contributed by atoms with Crippen molar-refractivity contribution in [2.75, 3.05) is 11.9 Å². The Morgan fingerprint density at radius 3 is 2.76 bits per heavy atom. The number of hydrogen-bond acceptors (Lipinski definition) is 4. The number of nitrogens with zero attached hydrogens (tertiary/aromatic N) is 1. The third kappa shape index (κ3) is 4.59. The van der Waals surface area contributed by atoms with Crippen LogP contribution in [0.4, 0.5) is 5.00 Å². The lowest BCUT2D eigenvalue weighted by molar-refractivity contribution is -0.685. The standard InChI is InChI=1S/C23H23N3OS2/c24-15-18-17-9-4-5-10-19(17)29-23(18)26-21(27)12-13-25-22(20-11-6-14-28-20)16-7-2-1-3-8-16/h1-3,6-8,11,14,22,25H,4-5,9-10,12-13H2,(H,26,27)/p+1/t22-/m0/s1. The van der Waals surface area contributed by atoms with Crippen LogP contribution >= 0.6 is 22.7 Å². The van der Waals surface area contributed by atoms with Gasteiger partial charge < -0.3 is 10.6 Å². The van der Waals surface area contributed by atoms with Gasteiger partial charge in [0.25, 0.3) is 0 Å². The van der Waals surface area contributed by atoms with Crippen molar-refractivity contribution in [2.24, 2.45) is 0 Å². The first-order valence-electron chi connectivity index (χ1n) is 10.0. The van der Waals surface area contributed by atoms with Crippen LogP contribution < -0.4 is 10.6 Å². The number of nitriles is 1. The molecule has 0 saturated carbocycles. The van der Waals surface area contributed by atoms with Crippen LogP contribution in [0.1, 0.15) is 51.7 Å². The average molecular weight is 423 g/mol. The van der Waals surface area contributed by atoms with E-state index < -0.39 is 0 Å². The Kier molecular flexibility index (Phi) is 6.40. The van der Waals surface area contributed by atoms with Crippen LogP contribution in [0.3, 0.4) is 0 Å². The summed E-state index contributed by atoms with van der Waals surface area (Å²) < 4.78 is 0. The summed E-state index contributed by atoms with van der Waals surface area (Å²) in [6.45, 7) is 0.691. The predicted octanol–water partition coefficient (Wildman–Crippen LogP) is 4.24. The lowest BCUT2D eigenvalue weighted by atomic mass is 9.96. The van der Waals surface area contributed by atoms with Gasteiger partial charge in [-0.15, -0.1) is 22.7 Å². The van der Waals surface area contributed by atoms with Gasteiger partial charge in [0.05, 0.1) is 23.4 Å². The lowest BCUT2D eigenvalue weighted by Gasteiger charge is -2.14. The van der Waals surface area contributed by atoms with Crippen molar-refractivity contribution in [3.8, 4) is 6.07 Å². The molecule has 0 radical (unpaired) electrons. The number of nitrogens with one attached hydrogen (secondary N) is 1. The number of rotatable bonds is 7. The largest absolute Gasteiger partial charge is 0.335 e.